The first-order valence-corrected chi connectivity index (χ1v) is 5.78. The van der Waals surface area contributed by atoms with Crippen LogP contribution in [0.5, 0.6) is 0 Å². The van der Waals surface area contributed by atoms with E-state index in [4.69, 9.17) is 16.3 Å². The molecule has 1 amide bonds. The molecule has 1 atom stereocenters. The summed E-state index contributed by atoms with van der Waals surface area (Å²) in [5, 5.41) is 0. The summed E-state index contributed by atoms with van der Waals surface area (Å²) in [6, 6.07) is 0. The zero-order valence-electron chi connectivity index (χ0n) is 9.37. The summed E-state index contributed by atoms with van der Waals surface area (Å²) in [5.74, 6) is -0.111. The molecule has 1 saturated heterocycles. The lowest BCUT2D eigenvalue weighted by atomic mass is 10.3. The number of hydrogen-bond donors (Lipinski definition) is 0. The maximum absolute atomic E-state index is 11.6. The summed E-state index contributed by atoms with van der Waals surface area (Å²) in [4.78, 5) is 24.4. The van der Waals surface area contributed by atoms with Gasteiger partial charge in [0.05, 0.1) is 13.0 Å². The molecule has 1 unspecified atom stereocenters. The van der Waals surface area contributed by atoms with Crippen molar-refractivity contribution in [3.63, 3.8) is 0 Å². The van der Waals surface area contributed by atoms with Gasteiger partial charge in [-0.1, -0.05) is 6.58 Å². The number of hydrogen-bond acceptors (Lipinski definition) is 3. The van der Waals surface area contributed by atoms with Crippen LogP contribution in [0.3, 0.4) is 0 Å². The second kappa shape index (κ2) is 5.89. The molecule has 0 aromatic heterocycles. The van der Waals surface area contributed by atoms with Crippen LogP contribution in [0, 0.1) is 0 Å². The van der Waals surface area contributed by atoms with Crippen LogP contribution in [0.15, 0.2) is 12.2 Å². The molecule has 0 aromatic rings. The highest BCUT2D eigenvalue weighted by molar-refractivity contribution is 6.18. The number of likely N-dealkylation sites (tertiary alicyclic amines) is 1. The van der Waals surface area contributed by atoms with E-state index in [0.717, 1.165) is 0 Å². The minimum absolute atomic E-state index is 0.0732. The lowest BCUT2D eigenvalue weighted by Crippen LogP contribution is -2.31. The van der Waals surface area contributed by atoms with Crippen LogP contribution in [-0.2, 0) is 14.3 Å². The van der Waals surface area contributed by atoms with Crippen molar-refractivity contribution in [2.24, 2.45) is 0 Å². The summed E-state index contributed by atoms with van der Waals surface area (Å²) in [6.45, 7) is 6.35. The molecule has 1 aliphatic rings. The van der Waals surface area contributed by atoms with E-state index in [1.807, 2.05) is 0 Å². The highest BCUT2D eigenvalue weighted by Gasteiger charge is 2.28. The van der Waals surface area contributed by atoms with Crippen molar-refractivity contribution in [1.29, 1.82) is 0 Å². The van der Waals surface area contributed by atoms with Gasteiger partial charge in [0.2, 0.25) is 5.91 Å². The molecule has 5 heteroatoms. The first kappa shape index (κ1) is 13.0. The van der Waals surface area contributed by atoms with Crippen molar-refractivity contribution < 1.29 is 14.3 Å². The first-order valence-electron chi connectivity index (χ1n) is 5.25. The Kier molecular flexibility index (Phi) is 4.80. The number of esters is 1. The molecule has 0 aromatic carbocycles. The number of carbonyl (C=O) groups is 2. The van der Waals surface area contributed by atoms with Crippen LogP contribution < -0.4 is 0 Å². The fraction of sp³-hybridized carbons (Fsp3) is 0.636. The van der Waals surface area contributed by atoms with Crippen LogP contribution in [-0.4, -0.2) is 41.8 Å². The average Bonchev–Trinajstić information content (AvgIpc) is 2.65. The minimum atomic E-state index is -0.301. The van der Waals surface area contributed by atoms with E-state index in [1.54, 1.807) is 11.8 Å². The Morgan fingerprint density at radius 1 is 1.56 bits per heavy atom. The predicted molar refractivity (Wildman–Crippen MR) is 61.2 cm³/mol. The lowest BCUT2D eigenvalue weighted by Gasteiger charge is -2.16. The second-order valence-electron chi connectivity index (χ2n) is 3.87. The number of nitrogens with zero attached hydrogens (tertiary/aromatic N) is 1. The van der Waals surface area contributed by atoms with Gasteiger partial charge in [0.25, 0.3) is 0 Å². The summed E-state index contributed by atoms with van der Waals surface area (Å²) >= 11 is 5.43. The van der Waals surface area contributed by atoms with Crippen molar-refractivity contribution in [2.45, 2.75) is 25.9 Å². The van der Waals surface area contributed by atoms with E-state index in [1.165, 1.54) is 0 Å². The van der Waals surface area contributed by atoms with Gasteiger partial charge >= 0.3 is 5.97 Å². The van der Waals surface area contributed by atoms with E-state index in [2.05, 4.69) is 6.58 Å². The normalized spacial score (nSPS) is 19.6. The van der Waals surface area contributed by atoms with Gasteiger partial charge < -0.3 is 9.64 Å². The molecule has 1 rings (SSSR count). The number of halogens is 1. The van der Waals surface area contributed by atoms with Crippen LogP contribution in [0.4, 0.5) is 0 Å². The highest BCUT2D eigenvalue weighted by atomic mass is 35.5. The van der Waals surface area contributed by atoms with Gasteiger partial charge in [-0.2, -0.15) is 0 Å². The third kappa shape index (κ3) is 3.52. The topological polar surface area (TPSA) is 46.6 Å². The fourth-order valence-electron chi connectivity index (χ4n) is 1.60. The molecule has 90 valence electrons. The highest BCUT2D eigenvalue weighted by Crippen LogP contribution is 2.15. The van der Waals surface area contributed by atoms with Crippen LogP contribution in [0.2, 0.25) is 0 Å². The Hall–Kier alpha value is -1.03. The van der Waals surface area contributed by atoms with Gasteiger partial charge in [-0.15, -0.1) is 11.6 Å². The van der Waals surface area contributed by atoms with Gasteiger partial charge in [0.1, 0.15) is 6.10 Å². The Balaban J connectivity index is 2.38. The molecule has 16 heavy (non-hydrogen) atoms. The predicted octanol–water partition coefficient (Wildman–Crippen LogP) is 1.34. The zero-order chi connectivity index (χ0) is 12.1. The van der Waals surface area contributed by atoms with Crippen LogP contribution in [0.1, 0.15) is 19.8 Å². The van der Waals surface area contributed by atoms with Crippen LogP contribution in [0.25, 0.3) is 0 Å². The van der Waals surface area contributed by atoms with Crippen molar-refractivity contribution in [3.8, 4) is 0 Å². The number of carbonyl (C=O) groups excluding carboxylic acids is 2. The average molecular weight is 246 g/mol. The van der Waals surface area contributed by atoms with Gasteiger partial charge in [-0.3, -0.25) is 9.59 Å². The third-order valence-corrected chi connectivity index (χ3v) is 2.58. The first-order chi connectivity index (χ1) is 7.54. The molecule has 0 aliphatic carbocycles. The SMILES string of the molecule is C=C(C)C(=O)N1CCC(OC(=O)CCCl)C1. The maximum Gasteiger partial charge on any atom is 0.307 e. The van der Waals surface area contributed by atoms with E-state index < -0.39 is 0 Å². The summed E-state index contributed by atoms with van der Waals surface area (Å²) in [7, 11) is 0. The van der Waals surface area contributed by atoms with Gasteiger partial charge in [0.15, 0.2) is 0 Å². The molecule has 0 saturated carbocycles. The Labute approximate surface area is 100 Å². The Morgan fingerprint density at radius 3 is 2.81 bits per heavy atom. The van der Waals surface area contributed by atoms with Gasteiger partial charge in [0, 0.05) is 24.4 Å². The molecule has 1 heterocycles. The van der Waals surface area contributed by atoms with Crippen molar-refractivity contribution in [2.75, 3.05) is 19.0 Å². The molecule has 0 N–H and O–H groups in total. The summed E-state index contributed by atoms with van der Waals surface area (Å²) < 4.78 is 5.16. The number of alkyl halides is 1. The molecule has 0 radical (unpaired) electrons. The van der Waals surface area contributed by atoms with Crippen molar-refractivity contribution in [1.82, 2.24) is 4.90 Å². The van der Waals surface area contributed by atoms with Crippen LogP contribution >= 0.6 is 11.6 Å². The number of ether oxygens (including phenoxy) is 1. The fourth-order valence-corrected chi connectivity index (χ4v) is 1.76. The van der Waals surface area contributed by atoms with E-state index in [9.17, 15) is 9.59 Å². The third-order valence-electron chi connectivity index (χ3n) is 2.39. The lowest BCUT2D eigenvalue weighted by molar-refractivity contribution is -0.148. The monoisotopic (exact) mass is 245 g/mol. The van der Waals surface area contributed by atoms with Gasteiger partial charge in [-0.25, -0.2) is 0 Å². The van der Waals surface area contributed by atoms with Crippen molar-refractivity contribution >= 4 is 23.5 Å². The largest absolute Gasteiger partial charge is 0.460 e. The second-order valence-corrected chi connectivity index (χ2v) is 4.25. The quantitative estimate of drug-likeness (QED) is 0.427. The Morgan fingerprint density at radius 2 is 2.25 bits per heavy atom. The van der Waals surface area contributed by atoms with E-state index in [-0.39, 0.29) is 30.3 Å². The molecular formula is C11H16ClNO3. The number of amides is 1. The standard InChI is InChI=1S/C11H16ClNO3/c1-8(2)11(15)13-6-4-9(7-13)16-10(14)3-5-12/h9H,1,3-7H2,2H3. The summed E-state index contributed by atoms with van der Waals surface area (Å²) in [6.07, 6.45) is 0.707. The van der Waals surface area contributed by atoms with E-state index in [0.29, 0.717) is 25.1 Å². The van der Waals surface area contributed by atoms with Gasteiger partial charge in [-0.05, 0) is 6.92 Å². The molecule has 1 fully saturated rings. The molecular weight excluding hydrogens is 230 g/mol. The van der Waals surface area contributed by atoms with E-state index >= 15 is 0 Å². The smallest absolute Gasteiger partial charge is 0.307 e. The minimum Gasteiger partial charge on any atom is -0.460 e. The van der Waals surface area contributed by atoms with Crippen molar-refractivity contribution in [3.05, 3.63) is 12.2 Å². The molecule has 0 bridgehead atoms. The maximum atomic E-state index is 11.6. The summed E-state index contributed by atoms with van der Waals surface area (Å²) in [5.41, 5.74) is 0.507. The molecule has 1 aliphatic heterocycles. The molecule has 4 nitrogen and oxygen atoms in total. The Bertz CT molecular complexity index is 304. The number of rotatable bonds is 4. The zero-order valence-corrected chi connectivity index (χ0v) is 10.1. The molecule has 0 spiro atoms.